The predicted molar refractivity (Wildman–Crippen MR) is 56.2 cm³/mol. The summed E-state index contributed by atoms with van der Waals surface area (Å²) in [6.07, 6.45) is 0. The molecule has 68 valence electrons. The first-order valence-corrected chi connectivity index (χ1v) is 4.68. The molecule has 0 heterocycles. The van der Waals surface area contributed by atoms with Gasteiger partial charge in [0.05, 0.1) is 0 Å². The van der Waals surface area contributed by atoms with Gasteiger partial charge in [-0.15, -0.1) is 0 Å². The van der Waals surface area contributed by atoms with Gasteiger partial charge in [0, 0.05) is 24.7 Å². The van der Waals surface area contributed by atoms with E-state index in [1.165, 1.54) is 0 Å². The zero-order valence-corrected chi connectivity index (χ0v) is 8.25. The van der Waals surface area contributed by atoms with Gasteiger partial charge in [-0.1, -0.05) is 18.2 Å². The molecule has 1 heteroatoms. The molecule has 0 fully saturated rings. The first-order chi connectivity index (χ1) is 6.36. The van der Waals surface area contributed by atoms with Crippen molar-refractivity contribution < 1.29 is 0 Å². The molecule has 0 aliphatic rings. The van der Waals surface area contributed by atoms with Crippen molar-refractivity contribution in [3.05, 3.63) is 35.9 Å². The highest BCUT2D eigenvalue weighted by atomic mass is 15.1. The van der Waals surface area contributed by atoms with Gasteiger partial charge in [-0.2, -0.15) is 0 Å². The van der Waals surface area contributed by atoms with Crippen molar-refractivity contribution in [3.8, 4) is 12.0 Å². The minimum Gasteiger partial charge on any atom is -0.333 e. The number of nitrogens with zero attached hydrogens (tertiary/aromatic N) is 1. The molecule has 1 aromatic rings. The van der Waals surface area contributed by atoms with E-state index in [2.05, 4.69) is 30.7 Å². The highest BCUT2D eigenvalue weighted by molar-refractivity contribution is 5.33. The van der Waals surface area contributed by atoms with Crippen molar-refractivity contribution in [2.75, 3.05) is 13.1 Å². The van der Waals surface area contributed by atoms with Gasteiger partial charge in [0.25, 0.3) is 0 Å². The average molecular weight is 173 g/mol. The highest BCUT2D eigenvalue weighted by Gasteiger charge is 1.88. The van der Waals surface area contributed by atoms with Crippen LogP contribution in [0.2, 0.25) is 0 Å². The molecule has 1 aromatic carbocycles. The topological polar surface area (TPSA) is 3.24 Å². The Morgan fingerprint density at radius 3 is 2.23 bits per heavy atom. The van der Waals surface area contributed by atoms with Gasteiger partial charge in [0.15, 0.2) is 0 Å². The van der Waals surface area contributed by atoms with Crippen molar-refractivity contribution in [2.24, 2.45) is 0 Å². The van der Waals surface area contributed by atoms with E-state index in [4.69, 9.17) is 0 Å². The molecule has 0 radical (unpaired) electrons. The number of rotatable bonds is 2. The summed E-state index contributed by atoms with van der Waals surface area (Å²) in [4.78, 5) is 2.09. The molecule has 0 aliphatic carbocycles. The maximum absolute atomic E-state index is 3.12. The Kier molecular flexibility index (Phi) is 3.92. The molecule has 13 heavy (non-hydrogen) atoms. The summed E-state index contributed by atoms with van der Waals surface area (Å²) >= 11 is 0. The summed E-state index contributed by atoms with van der Waals surface area (Å²) in [5.74, 6) is 3.12. The fraction of sp³-hybridized carbons (Fsp3) is 0.333. The molecule has 0 bridgehead atoms. The third-order valence-corrected chi connectivity index (χ3v) is 1.90. The van der Waals surface area contributed by atoms with Crippen LogP contribution in [-0.4, -0.2) is 18.0 Å². The predicted octanol–water partition coefficient (Wildman–Crippen LogP) is 2.34. The molecular formula is C12H15N. The van der Waals surface area contributed by atoms with Crippen molar-refractivity contribution in [3.63, 3.8) is 0 Å². The molecule has 0 spiro atoms. The second-order valence-electron chi connectivity index (χ2n) is 2.78. The molecule has 0 unspecified atom stereocenters. The van der Waals surface area contributed by atoms with Crippen LogP contribution >= 0.6 is 0 Å². The van der Waals surface area contributed by atoms with E-state index in [0.29, 0.717) is 0 Å². The van der Waals surface area contributed by atoms with Crippen LogP contribution in [0.15, 0.2) is 30.3 Å². The summed E-state index contributed by atoms with van der Waals surface area (Å²) in [6.45, 7) is 6.19. The normalized spacial score (nSPS) is 8.77. The SMILES string of the molecule is CCN(C#Cc1ccccc1)CC. The zero-order chi connectivity index (χ0) is 9.52. The lowest BCUT2D eigenvalue weighted by Crippen LogP contribution is -2.15. The van der Waals surface area contributed by atoms with E-state index >= 15 is 0 Å². The van der Waals surface area contributed by atoms with Gasteiger partial charge in [0.2, 0.25) is 0 Å². The summed E-state index contributed by atoms with van der Waals surface area (Å²) in [5.41, 5.74) is 1.08. The molecule has 0 saturated carbocycles. The standard InChI is InChI=1S/C12H15N/c1-3-13(4-2)11-10-12-8-6-5-7-9-12/h5-9H,3-4H2,1-2H3. The van der Waals surface area contributed by atoms with Gasteiger partial charge in [0.1, 0.15) is 0 Å². The molecule has 0 atom stereocenters. The van der Waals surface area contributed by atoms with Gasteiger partial charge in [-0.25, -0.2) is 0 Å². The lowest BCUT2D eigenvalue weighted by Gasteiger charge is -2.10. The first kappa shape index (κ1) is 9.67. The Labute approximate surface area is 80.4 Å². The van der Waals surface area contributed by atoms with Crippen LogP contribution in [-0.2, 0) is 0 Å². The van der Waals surface area contributed by atoms with Crippen molar-refractivity contribution in [2.45, 2.75) is 13.8 Å². The Balaban J connectivity index is 2.66. The van der Waals surface area contributed by atoms with Gasteiger partial charge in [-0.3, -0.25) is 0 Å². The molecule has 1 nitrogen and oxygen atoms in total. The summed E-state index contributed by atoms with van der Waals surface area (Å²) in [5, 5.41) is 0. The number of benzene rings is 1. The van der Waals surface area contributed by atoms with Crippen molar-refractivity contribution in [1.82, 2.24) is 4.90 Å². The fourth-order valence-electron chi connectivity index (χ4n) is 1.05. The summed E-state index contributed by atoms with van der Waals surface area (Å²) in [6, 6.07) is 13.2. The largest absolute Gasteiger partial charge is 0.333 e. The second-order valence-corrected chi connectivity index (χ2v) is 2.78. The third kappa shape index (κ3) is 3.21. The fourth-order valence-corrected chi connectivity index (χ4v) is 1.05. The zero-order valence-electron chi connectivity index (χ0n) is 8.25. The Morgan fingerprint density at radius 1 is 1.08 bits per heavy atom. The first-order valence-electron chi connectivity index (χ1n) is 4.68. The minimum atomic E-state index is 0.982. The molecule has 0 aromatic heterocycles. The summed E-state index contributed by atoms with van der Waals surface area (Å²) < 4.78 is 0. The average Bonchev–Trinajstić information content (AvgIpc) is 2.21. The maximum atomic E-state index is 3.12. The Morgan fingerprint density at radius 2 is 1.69 bits per heavy atom. The monoisotopic (exact) mass is 173 g/mol. The van der Waals surface area contributed by atoms with Crippen LogP contribution in [0.4, 0.5) is 0 Å². The van der Waals surface area contributed by atoms with Crippen LogP contribution < -0.4 is 0 Å². The van der Waals surface area contributed by atoms with E-state index in [1.54, 1.807) is 0 Å². The van der Waals surface area contributed by atoms with Crippen molar-refractivity contribution >= 4 is 0 Å². The van der Waals surface area contributed by atoms with Crippen LogP contribution in [0.5, 0.6) is 0 Å². The van der Waals surface area contributed by atoms with Gasteiger partial charge >= 0.3 is 0 Å². The molecule has 0 saturated heterocycles. The molecule has 1 rings (SSSR count). The number of hydrogen-bond acceptors (Lipinski definition) is 1. The van der Waals surface area contributed by atoms with E-state index in [1.807, 2.05) is 30.3 Å². The lowest BCUT2D eigenvalue weighted by molar-refractivity contribution is 0.444. The number of hydrogen-bond donors (Lipinski definition) is 0. The van der Waals surface area contributed by atoms with E-state index in [0.717, 1.165) is 18.7 Å². The van der Waals surface area contributed by atoms with Crippen LogP contribution in [0.25, 0.3) is 0 Å². The van der Waals surface area contributed by atoms with E-state index < -0.39 is 0 Å². The van der Waals surface area contributed by atoms with Crippen LogP contribution in [0.1, 0.15) is 19.4 Å². The van der Waals surface area contributed by atoms with Gasteiger partial charge < -0.3 is 4.90 Å². The summed E-state index contributed by atoms with van der Waals surface area (Å²) in [7, 11) is 0. The van der Waals surface area contributed by atoms with Crippen molar-refractivity contribution in [1.29, 1.82) is 0 Å². The molecule has 0 amide bonds. The Bertz CT molecular complexity index is 288. The maximum Gasteiger partial charge on any atom is 0.0263 e. The van der Waals surface area contributed by atoms with Gasteiger partial charge in [-0.05, 0) is 31.9 Å². The smallest absolute Gasteiger partial charge is 0.0263 e. The third-order valence-electron chi connectivity index (χ3n) is 1.90. The van der Waals surface area contributed by atoms with E-state index in [-0.39, 0.29) is 0 Å². The van der Waals surface area contributed by atoms with Crippen LogP contribution in [0.3, 0.4) is 0 Å². The molecule has 0 N–H and O–H groups in total. The van der Waals surface area contributed by atoms with Crippen LogP contribution in [0, 0.1) is 12.0 Å². The second kappa shape index (κ2) is 5.27. The quantitative estimate of drug-likeness (QED) is 0.490. The van der Waals surface area contributed by atoms with E-state index in [9.17, 15) is 0 Å². The molecular weight excluding hydrogens is 158 g/mol. The molecule has 0 aliphatic heterocycles. The Hall–Kier alpha value is -1.42. The lowest BCUT2D eigenvalue weighted by atomic mass is 10.2. The highest BCUT2D eigenvalue weighted by Crippen LogP contribution is 1.95. The minimum absolute atomic E-state index is 0.982.